The number of imide groups is 1. The Morgan fingerprint density at radius 3 is 2.19 bits per heavy atom. The minimum Gasteiger partial charge on any atom is -0.274 e. The zero-order valence-electron chi connectivity index (χ0n) is 11.5. The minimum absolute atomic E-state index is 0.133. The van der Waals surface area contributed by atoms with Crippen LogP contribution in [-0.4, -0.2) is 16.7 Å². The maximum absolute atomic E-state index is 12.4. The highest BCUT2D eigenvalue weighted by molar-refractivity contribution is 6.15. The molecule has 2 aromatic carbocycles. The molecule has 104 valence electrons. The Morgan fingerprint density at radius 2 is 1.52 bits per heavy atom. The number of carbonyl (C=O) groups is 2. The molecule has 0 aliphatic carbocycles. The fourth-order valence-electron chi connectivity index (χ4n) is 2.41. The van der Waals surface area contributed by atoms with Gasteiger partial charge in [0.1, 0.15) is 0 Å². The van der Waals surface area contributed by atoms with E-state index in [0.717, 1.165) is 11.1 Å². The van der Waals surface area contributed by atoms with E-state index in [2.05, 4.69) is 0 Å². The average molecular weight is 277 g/mol. The van der Waals surface area contributed by atoms with Crippen LogP contribution in [0.4, 0.5) is 0 Å². The summed E-state index contributed by atoms with van der Waals surface area (Å²) in [4.78, 5) is 25.7. The van der Waals surface area contributed by atoms with Gasteiger partial charge in [-0.1, -0.05) is 60.7 Å². The van der Waals surface area contributed by atoms with Crippen LogP contribution in [0.2, 0.25) is 0 Å². The summed E-state index contributed by atoms with van der Waals surface area (Å²) in [6, 6.07) is 19.1. The van der Waals surface area contributed by atoms with Crippen molar-refractivity contribution >= 4 is 17.9 Å². The zero-order chi connectivity index (χ0) is 14.7. The Labute approximate surface area is 123 Å². The number of amides is 2. The topological polar surface area (TPSA) is 37.4 Å². The normalized spacial score (nSPS) is 16.8. The maximum atomic E-state index is 12.4. The Balaban J connectivity index is 1.81. The van der Waals surface area contributed by atoms with E-state index in [-0.39, 0.29) is 18.2 Å². The van der Waals surface area contributed by atoms with Crippen molar-refractivity contribution in [2.45, 2.75) is 13.0 Å². The van der Waals surface area contributed by atoms with Crippen LogP contribution >= 0.6 is 0 Å². The first-order valence-electron chi connectivity index (χ1n) is 6.88. The number of hydrogen-bond acceptors (Lipinski definition) is 2. The van der Waals surface area contributed by atoms with Crippen LogP contribution in [0, 0.1) is 0 Å². The molecule has 1 fully saturated rings. The molecular weight excluding hydrogens is 262 g/mol. The third kappa shape index (κ3) is 2.92. The molecule has 1 aliphatic heterocycles. The molecule has 21 heavy (non-hydrogen) atoms. The third-order valence-corrected chi connectivity index (χ3v) is 3.49. The first-order chi connectivity index (χ1) is 10.2. The van der Waals surface area contributed by atoms with Crippen LogP contribution in [0.5, 0.6) is 0 Å². The van der Waals surface area contributed by atoms with Gasteiger partial charge in [0.2, 0.25) is 5.91 Å². The standard InChI is InChI=1S/C18H15NO2/c20-17-12-16(11-14-7-3-1-4-8-14)18(21)19(17)13-15-9-5-2-6-10-15/h1-11H,12-13H2/b16-11-. The molecule has 3 nitrogen and oxygen atoms in total. The van der Waals surface area contributed by atoms with Gasteiger partial charge in [-0.2, -0.15) is 0 Å². The Morgan fingerprint density at radius 1 is 0.905 bits per heavy atom. The molecule has 3 rings (SSSR count). The van der Waals surface area contributed by atoms with E-state index in [0.29, 0.717) is 12.1 Å². The lowest BCUT2D eigenvalue weighted by Crippen LogP contribution is -2.28. The highest BCUT2D eigenvalue weighted by Gasteiger charge is 2.33. The molecule has 0 spiro atoms. The summed E-state index contributed by atoms with van der Waals surface area (Å²) in [5.74, 6) is -0.321. The van der Waals surface area contributed by atoms with Crippen LogP contribution in [0.1, 0.15) is 17.5 Å². The van der Waals surface area contributed by atoms with E-state index in [1.807, 2.05) is 60.7 Å². The van der Waals surface area contributed by atoms with Crippen LogP contribution in [-0.2, 0) is 16.1 Å². The van der Waals surface area contributed by atoms with Crippen molar-refractivity contribution < 1.29 is 9.59 Å². The highest BCUT2D eigenvalue weighted by atomic mass is 16.2. The van der Waals surface area contributed by atoms with Crippen LogP contribution in [0.25, 0.3) is 6.08 Å². The predicted molar refractivity (Wildman–Crippen MR) is 81.0 cm³/mol. The van der Waals surface area contributed by atoms with E-state index in [4.69, 9.17) is 0 Å². The third-order valence-electron chi connectivity index (χ3n) is 3.49. The molecule has 0 bridgehead atoms. The van der Waals surface area contributed by atoms with Crippen LogP contribution in [0.3, 0.4) is 0 Å². The molecule has 2 amide bonds. The second kappa shape index (κ2) is 5.75. The van der Waals surface area contributed by atoms with Crippen molar-refractivity contribution in [1.29, 1.82) is 0 Å². The Kier molecular flexibility index (Phi) is 3.65. The number of benzene rings is 2. The molecule has 1 heterocycles. The number of hydrogen-bond donors (Lipinski definition) is 0. The fraction of sp³-hybridized carbons (Fsp3) is 0.111. The number of likely N-dealkylation sites (tertiary alicyclic amines) is 1. The second-order valence-electron chi connectivity index (χ2n) is 5.03. The lowest BCUT2D eigenvalue weighted by molar-refractivity contribution is -0.138. The van der Waals surface area contributed by atoms with Gasteiger partial charge in [0.05, 0.1) is 13.0 Å². The Hall–Kier alpha value is -2.68. The van der Waals surface area contributed by atoms with Gasteiger partial charge in [0.15, 0.2) is 0 Å². The summed E-state index contributed by atoms with van der Waals surface area (Å²) in [6.07, 6.45) is 1.98. The van der Waals surface area contributed by atoms with Gasteiger partial charge < -0.3 is 0 Å². The van der Waals surface area contributed by atoms with Gasteiger partial charge in [-0.05, 0) is 17.2 Å². The zero-order valence-corrected chi connectivity index (χ0v) is 11.5. The van der Waals surface area contributed by atoms with Crippen LogP contribution < -0.4 is 0 Å². The maximum Gasteiger partial charge on any atom is 0.257 e. The van der Waals surface area contributed by atoms with Gasteiger partial charge in [0, 0.05) is 5.57 Å². The quantitative estimate of drug-likeness (QED) is 0.639. The largest absolute Gasteiger partial charge is 0.274 e. The highest BCUT2D eigenvalue weighted by Crippen LogP contribution is 2.23. The molecule has 0 aromatic heterocycles. The van der Waals surface area contributed by atoms with Crippen molar-refractivity contribution in [2.24, 2.45) is 0 Å². The Bertz CT molecular complexity index is 690. The van der Waals surface area contributed by atoms with Gasteiger partial charge in [-0.25, -0.2) is 0 Å². The number of rotatable bonds is 3. The molecule has 1 aliphatic rings. The first-order valence-corrected chi connectivity index (χ1v) is 6.88. The molecular formula is C18H15NO2. The lowest BCUT2D eigenvalue weighted by Gasteiger charge is -2.13. The summed E-state index contributed by atoms with van der Waals surface area (Å²) < 4.78 is 0. The van der Waals surface area contributed by atoms with Crippen molar-refractivity contribution in [3.63, 3.8) is 0 Å². The fourth-order valence-corrected chi connectivity index (χ4v) is 2.41. The SMILES string of the molecule is O=C1C/C(=C/c2ccccc2)C(=O)N1Cc1ccccc1. The first kappa shape index (κ1) is 13.3. The predicted octanol–water partition coefficient (Wildman–Crippen LogP) is 3.03. The van der Waals surface area contributed by atoms with E-state index in [1.54, 1.807) is 6.08 Å². The molecule has 3 heteroatoms. The monoisotopic (exact) mass is 277 g/mol. The van der Waals surface area contributed by atoms with E-state index >= 15 is 0 Å². The second-order valence-corrected chi connectivity index (χ2v) is 5.03. The summed E-state index contributed by atoms with van der Waals surface area (Å²) in [7, 11) is 0. The summed E-state index contributed by atoms with van der Waals surface area (Å²) in [6.45, 7) is 0.338. The molecule has 0 N–H and O–H groups in total. The molecule has 0 unspecified atom stereocenters. The summed E-state index contributed by atoms with van der Waals surface area (Å²) in [5.41, 5.74) is 2.46. The van der Waals surface area contributed by atoms with Crippen molar-refractivity contribution in [1.82, 2.24) is 4.90 Å². The minimum atomic E-state index is -0.187. The van der Waals surface area contributed by atoms with Crippen molar-refractivity contribution in [3.05, 3.63) is 77.4 Å². The number of nitrogens with zero attached hydrogens (tertiary/aromatic N) is 1. The van der Waals surface area contributed by atoms with Gasteiger partial charge >= 0.3 is 0 Å². The van der Waals surface area contributed by atoms with E-state index < -0.39 is 0 Å². The van der Waals surface area contributed by atoms with Crippen molar-refractivity contribution in [2.75, 3.05) is 0 Å². The molecule has 1 saturated heterocycles. The van der Waals surface area contributed by atoms with Gasteiger partial charge in [0.25, 0.3) is 5.91 Å². The van der Waals surface area contributed by atoms with Crippen LogP contribution in [0.15, 0.2) is 66.2 Å². The summed E-state index contributed by atoms with van der Waals surface area (Å²) >= 11 is 0. The average Bonchev–Trinajstić information content (AvgIpc) is 2.77. The van der Waals surface area contributed by atoms with E-state index in [1.165, 1.54) is 4.90 Å². The molecule has 0 saturated carbocycles. The summed E-state index contributed by atoms with van der Waals surface area (Å²) in [5, 5.41) is 0. The van der Waals surface area contributed by atoms with Gasteiger partial charge in [-0.3, -0.25) is 14.5 Å². The van der Waals surface area contributed by atoms with E-state index in [9.17, 15) is 9.59 Å². The smallest absolute Gasteiger partial charge is 0.257 e. The molecule has 0 radical (unpaired) electrons. The number of carbonyl (C=O) groups excluding carboxylic acids is 2. The lowest BCUT2D eigenvalue weighted by atomic mass is 10.1. The van der Waals surface area contributed by atoms with Gasteiger partial charge in [-0.15, -0.1) is 0 Å². The van der Waals surface area contributed by atoms with Crippen molar-refractivity contribution in [3.8, 4) is 0 Å². The molecule has 0 atom stereocenters. The molecule has 2 aromatic rings.